The van der Waals surface area contributed by atoms with Gasteiger partial charge >= 0.3 is 0 Å². The van der Waals surface area contributed by atoms with E-state index in [0.717, 1.165) is 0 Å². The van der Waals surface area contributed by atoms with Gasteiger partial charge in [0.2, 0.25) is 5.91 Å². The molecule has 1 rings (SSSR count). The Hall–Kier alpha value is -1.89. The van der Waals surface area contributed by atoms with Crippen LogP contribution in [-0.2, 0) is 4.79 Å². The molecular weight excluding hydrogens is 224 g/mol. The van der Waals surface area contributed by atoms with Gasteiger partial charge in [-0.3, -0.25) is 4.79 Å². The van der Waals surface area contributed by atoms with Gasteiger partial charge in [-0.15, -0.1) is 0 Å². The molecule has 0 saturated carbocycles. The molecule has 17 heavy (non-hydrogen) atoms. The number of nitrogens with one attached hydrogen (secondary N) is 1. The van der Waals surface area contributed by atoms with Crippen molar-refractivity contribution in [2.45, 2.75) is 19.8 Å². The highest BCUT2D eigenvalue weighted by molar-refractivity contribution is 5.72. The summed E-state index contributed by atoms with van der Waals surface area (Å²) < 4.78 is 24.8. The molecule has 0 aliphatic rings. The molecule has 0 aromatic heterocycles. The number of hydrogen-bond acceptors (Lipinski definition) is 1. The largest absolute Gasteiger partial charge is 0.355 e. The van der Waals surface area contributed by atoms with E-state index in [0.29, 0.717) is 18.5 Å². The van der Waals surface area contributed by atoms with Crippen LogP contribution < -0.4 is 5.32 Å². The van der Waals surface area contributed by atoms with E-state index in [2.05, 4.69) is 17.2 Å². The SMILES string of the molecule is CC(=O)NCCC#Cc1cccc(C(F)F)c1. The van der Waals surface area contributed by atoms with Gasteiger partial charge in [0.1, 0.15) is 0 Å². The smallest absolute Gasteiger partial charge is 0.263 e. The van der Waals surface area contributed by atoms with Crippen LogP contribution >= 0.6 is 0 Å². The molecule has 0 spiro atoms. The Balaban J connectivity index is 2.53. The first-order valence-corrected chi connectivity index (χ1v) is 5.21. The van der Waals surface area contributed by atoms with Crippen LogP contribution in [0.1, 0.15) is 30.9 Å². The van der Waals surface area contributed by atoms with Gasteiger partial charge in [0.25, 0.3) is 6.43 Å². The summed E-state index contributed by atoms with van der Waals surface area (Å²) in [6.07, 6.45) is -1.98. The minimum Gasteiger partial charge on any atom is -0.355 e. The summed E-state index contributed by atoms with van der Waals surface area (Å²) in [6, 6.07) is 5.97. The fraction of sp³-hybridized carbons (Fsp3) is 0.308. The number of alkyl halides is 2. The van der Waals surface area contributed by atoms with Crippen LogP contribution in [-0.4, -0.2) is 12.5 Å². The lowest BCUT2D eigenvalue weighted by Crippen LogP contribution is -2.20. The van der Waals surface area contributed by atoms with Crippen LogP contribution in [0.3, 0.4) is 0 Å². The number of carbonyl (C=O) groups excluding carboxylic acids is 1. The molecule has 0 fully saturated rings. The fourth-order valence-electron chi connectivity index (χ4n) is 1.22. The highest BCUT2D eigenvalue weighted by Crippen LogP contribution is 2.18. The molecule has 0 heterocycles. The minimum absolute atomic E-state index is 0.0290. The second-order valence-electron chi connectivity index (χ2n) is 3.46. The first kappa shape index (κ1) is 13.2. The van der Waals surface area contributed by atoms with Gasteiger partial charge in [-0.05, 0) is 12.1 Å². The molecule has 0 unspecified atom stereocenters. The highest BCUT2D eigenvalue weighted by atomic mass is 19.3. The average molecular weight is 237 g/mol. The quantitative estimate of drug-likeness (QED) is 0.635. The molecule has 0 aliphatic carbocycles. The second-order valence-corrected chi connectivity index (χ2v) is 3.46. The van der Waals surface area contributed by atoms with Gasteiger partial charge in [0.05, 0.1) is 0 Å². The van der Waals surface area contributed by atoms with Crippen molar-refractivity contribution in [3.63, 3.8) is 0 Å². The van der Waals surface area contributed by atoms with Gasteiger partial charge in [0.15, 0.2) is 0 Å². The third-order valence-corrected chi connectivity index (χ3v) is 2.00. The molecule has 2 nitrogen and oxygen atoms in total. The predicted molar refractivity (Wildman–Crippen MR) is 61.6 cm³/mol. The Morgan fingerprint density at radius 1 is 1.47 bits per heavy atom. The fourth-order valence-corrected chi connectivity index (χ4v) is 1.22. The van der Waals surface area contributed by atoms with Crippen LogP contribution in [0.4, 0.5) is 8.78 Å². The van der Waals surface area contributed by atoms with Crippen molar-refractivity contribution in [1.82, 2.24) is 5.32 Å². The van der Waals surface area contributed by atoms with Gasteiger partial charge in [-0.25, -0.2) is 8.78 Å². The van der Waals surface area contributed by atoms with Crippen molar-refractivity contribution >= 4 is 5.91 Å². The topological polar surface area (TPSA) is 29.1 Å². The molecule has 1 aromatic carbocycles. The van der Waals surface area contributed by atoms with Crippen LogP contribution in [0.25, 0.3) is 0 Å². The summed E-state index contributed by atoms with van der Waals surface area (Å²) in [5, 5.41) is 2.60. The maximum atomic E-state index is 12.4. The normalized spacial score (nSPS) is 9.65. The summed E-state index contributed by atoms with van der Waals surface area (Å²) in [5.41, 5.74) is 0.532. The van der Waals surface area contributed by atoms with Crippen molar-refractivity contribution < 1.29 is 13.6 Å². The van der Waals surface area contributed by atoms with Crippen molar-refractivity contribution in [3.05, 3.63) is 35.4 Å². The Kier molecular flexibility index (Phi) is 5.15. The monoisotopic (exact) mass is 237 g/mol. The Morgan fingerprint density at radius 2 is 2.24 bits per heavy atom. The first-order chi connectivity index (χ1) is 8.09. The van der Waals surface area contributed by atoms with E-state index in [1.54, 1.807) is 12.1 Å². The highest BCUT2D eigenvalue weighted by Gasteiger charge is 2.05. The lowest BCUT2D eigenvalue weighted by Gasteiger charge is -1.99. The number of rotatable bonds is 3. The van der Waals surface area contributed by atoms with E-state index in [-0.39, 0.29) is 11.5 Å². The minimum atomic E-state index is -2.48. The van der Waals surface area contributed by atoms with E-state index in [4.69, 9.17) is 0 Å². The molecular formula is C13H13F2NO. The van der Waals surface area contributed by atoms with E-state index < -0.39 is 6.43 Å². The Bertz CT molecular complexity index is 446. The molecule has 1 amide bonds. The molecule has 90 valence electrons. The van der Waals surface area contributed by atoms with E-state index in [1.807, 2.05) is 0 Å². The van der Waals surface area contributed by atoms with Crippen molar-refractivity contribution in [2.24, 2.45) is 0 Å². The molecule has 4 heteroatoms. The molecule has 0 atom stereocenters. The van der Waals surface area contributed by atoms with Gasteiger partial charge in [0, 0.05) is 31.0 Å². The van der Waals surface area contributed by atoms with Gasteiger partial charge < -0.3 is 5.32 Å². The predicted octanol–water partition coefficient (Wildman–Crippen LogP) is 2.50. The van der Waals surface area contributed by atoms with Crippen LogP contribution in [0.15, 0.2) is 24.3 Å². The average Bonchev–Trinajstić information content (AvgIpc) is 2.28. The van der Waals surface area contributed by atoms with Crippen molar-refractivity contribution in [2.75, 3.05) is 6.54 Å². The maximum absolute atomic E-state index is 12.4. The second kappa shape index (κ2) is 6.64. The Labute approximate surface area is 99.0 Å². The summed E-state index contributed by atoms with van der Waals surface area (Å²) in [6.45, 7) is 1.90. The standard InChI is InChI=1S/C13H13F2NO/c1-10(17)16-8-3-2-5-11-6-4-7-12(9-11)13(14)15/h4,6-7,9,13H,3,8H2,1H3,(H,16,17). The summed E-state index contributed by atoms with van der Waals surface area (Å²) in [7, 11) is 0. The van der Waals surface area contributed by atoms with Gasteiger partial charge in [-0.1, -0.05) is 24.0 Å². The first-order valence-electron chi connectivity index (χ1n) is 5.21. The number of halogens is 2. The lowest BCUT2D eigenvalue weighted by atomic mass is 10.1. The lowest BCUT2D eigenvalue weighted by molar-refractivity contribution is -0.118. The zero-order valence-corrected chi connectivity index (χ0v) is 9.47. The number of carbonyl (C=O) groups is 1. The van der Waals surface area contributed by atoms with E-state index in [9.17, 15) is 13.6 Å². The van der Waals surface area contributed by atoms with Crippen molar-refractivity contribution in [1.29, 1.82) is 0 Å². The molecule has 0 saturated heterocycles. The van der Waals surface area contributed by atoms with Crippen LogP contribution in [0.2, 0.25) is 0 Å². The van der Waals surface area contributed by atoms with E-state index in [1.165, 1.54) is 19.1 Å². The zero-order chi connectivity index (χ0) is 12.7. The number of benzene rings is 1. The molecule has 1 aromatic rings. The molecule has 0 aliphatic heterocycles. The molecule has 1 N–H and O–H groups in total. The van der Waals surface area contributed by atoms with Crippen LogP contribution in [0.5, 0.6) is 0 Å². The summed E-state index contributed by atoms with van der Waals surface area (Å²) in [5.74, 6) is 5.49. The van der Waals surface area contributed by atoms with E-state index >= 15 is 0 Å². The molecule has 0 bridgehead atoms. The summed E-state index contributed by atoms with van der Waals surface area (Å²) >= 11 is 0. The maximum Gasteiger partial charge on any atom is 0.263 e. The summed E-state index contributed by atoms with van der Waals surface area (Å²) in [4.78, 5) is 10.6. The van der Waals surface area contributed by atoms with Crippen molar-refractivity contribution in [3.8, 4) is 11.8 Å². The number of hydrogen-bond donors (Lipinski definition) is 1. The third-order valence-electron chi connectivity index (χ3n) is 2.00. The van der Waals surface area contributed by atoms with Gasteiger partial charge in [-0.2, -0.15) is 0 Å². The Morgan fingerprint density at radius 3 is 2.88 bits per heavy atom. The van der Waals surface area contributed by atoms with Crippen LogP contribution in [0, 0.1) is 11.8 Å². The zero-order valence-electron chi connectivity index (χ0n) is 9.47. The third kappa shape index (κ3) is 5.12. The molecule has 0 radical (unpaired) electrons. The number of amides is 1.